The van der Waals surface area contributed by atoms with Crippen LogP contribution in [0.1, 0.15) is 25.0 Å². The minimum Gasteiger partial charge on any atom is -0.355 e. The summed E-state index contributed by atoms with van der Waals surface area (Å²) in [5, 5.41) is 14.7. The molecule has 0 aliphatic carbocycles. The summed E-state index contributed by atoms with van der Waals surface area (Å²) >= 11 is 12.0. The van der Waals surface area contributed by atoms with Gasteiger partial charge in [0.15, 0.2) is 0 Å². The number of para-hydroxylation sites is 1. The predicted octanol–water partition coefficient (Wildman–Crippen LogP) is 4.00. The van der Waals surface area contributed by atoms with E-state index in [1.54, 1.807) is 38.1 Å². The molecular weight excluding hydrogens is 417 g/mol. The average Bonchev–Trinajstić information content (AvgIpc) is 2.68. The van der Waals surface area contributed by atoms with Crippen LogP contribution >= 0.6 is 23.2 Å². The van der Waals surface area contributed by atoms with E-state index < -0.39 is 16.9 Å². The molecule has 2 amide bonds. The molecule has 0 saturated carbocycles. The number of likely N-dealkylation sites (N-methyl/N-ethyl adjacent to an activating group) is 1. The molecule has 2 aromatic carbocycles. The van der Waals surface area contributed by atoms with Crippen molar-refractivity contribution in [3.8, 4) is 0 Å². The summed E-state index contributed by atoms with van der Waals surface area (Å²) in [4.78, 5) is 37.5. The van der Waals surface area contributed by atoms with Crippen molar-refractivity contribution in [2.75, 3.05) is 6.54 Å². The van der Waals surface area contributed by atoms with Gasteiger partial charge in [-0.1, -0.05) is 47.5 Å². The lowest BCUT2D eigenvalue weighted by atomic mass is 10.1. The molecule has 1 atom stereocenters. The normalized spacial score (nSPS) is 11.6. The average molecular weight is 438 g/mol. The third-order valence-corrected chi connectivity index (χ3v) is 5.12. The summed E-state index contributed by atoms with van der Waals surface area (Å²) in [5.74, 6) is -0.729. The highest BCUT2D eigenvalue weighted by Crippen LogP contribution is 2.25. The highest BCUT2D eigenvalue weighted by atomic mass is 35.5. The standard InChI is InChI=1S/C20H21Cl2N3O4/c1-3-23-20(27)13(2)24(12-14-8-9-16(21)17(22)10-14)19(26)11-15-6-4-5-7-18(15)25(28)29/h4-10,13H,3,11-12H2,1-2H3,(H,23,27)/t13-/m1/s1. The number of nitrogens with one attached hydrogen (secondary N) is 1. The van der Waals surface area contributed by atoms with Crippen LogP contribution in [0.2, 0.25) is 10.0 Å². The zero-order chi connectivity index (χ0) is 21.6. The number of benzene rings is 2. The van der Waals surface area contributed by atoms with Gasteiger partial charge in [-0.05, 0) is 31.5 Å². The van der Waals surface area contributed by atoms with Crippen LogP contribution in [0, 0.1) is 10.1 Å². The first-order chi connectivity index (χ1) is 13.7. The molecule has 0 aromatic heterocycles. The maximum Gasteiger partial charge on any atom is 0.273 e. The van der Waals surface area contributed by atoms with Crippen LogP contribution in [0.3, 0.4) is 0 Å². The van der Waals surface area contributed by atoms with Gasteiger partial charge in [0, 0.05) is 24.7 Å². The van der Waals surface area contributed by atoms with Gasteiger partial charge < -0.3 is 10.2 Å². The van der Waals surface area contributed by atoms with Crippen molar-refractivity contribution in [3.63, 3.8) is 0 Å². The van der Waals surface area contributed by atoms with E-state index in [1.807, 2.05) is 0 Å². The third kappa shape index (κ3) is 5.92. The molecule has 29 heavy (non-hydrogen) atoms. The second-order valence-electron chi connectivity index (χ2n) is 6.40. The number of nitro benzene ring substituents is 1. The number of rotatable bonds is 8. The summed E-state index contributed by atoms with van der Waals surface area (Å²) in [6.45, 7) is 3.92. The predicted molar refractivity (Wildman–Crippen MR) is 112 cm³/mol. The van der Waals surface area contributed by atoms with Crippen LogP contribution in [0.5, 0.6) is 0 Å². The first kappa shape index (κ1) is 22.6. The second kappa shape index (κ2) is 10.2. The van der Waals surface area contributed by atoms with E-state index in [9.17, 15) is 19.7 Å². The number of halogens is 2. The van der Waals surface area contributed by atoms with Crippen molar-refractivity contribution in [1.82, 2.24) is 10.2 Å². The van der Waals surface area contributed by atoms with Crippen molar-refractivity contribution in [2.24, 2.45) is 0 Å². The van der Waals surface area contributed by atoms with Crippen LogP contribution in [-0.4, -0.2) is 34.2 Å². The smallest absolute Gasteiger partial charge is 0.273 e. The number of carbonyl (C=O) groups is 2. The molecule has 9 heteroatoms. The molecule has 7 nitrogen and oxygen atoms in total. The lowest BCUT2D eigenvalue weighted by Gasteiger charge is -2.29. The van der Waals surface area contributed by atoms with Crippen molar-refractivity contribution in [3.05, 3.63) is 73.8 Å². The largest absolute Gasteiger partial charge is 0.355 e. The van der Waals surface area contributed by atoms with E-state index in [4.69, 9.17) is 23.2 Å². The van der Waals surface area contributed by atoms with Gasteiger partial charge in [0.25, 0.3) is 5.69 Å². The highest BCUT2D eigenvalue weighted by Gasteiger charge is 2.27. The van der Waals surface area contributed by atoms with E-state index in [2.05, 4.69) is 5.32 Å². The number of nitro groups is 1. The van der Waals surface area contributed by atoms with Gasteiger partial charge in [0.1, 0.15) is 6.04 Å². The van der Waals surface area contributed by atoms with E-state index in [-0.39, 0.29) is 30.1 Å². The Kier molecular flexibility index (Phi) is 7.99. The molecule has 0 radical (unpaired) electrons. The molecule has 0 aliphatic rings. The first-order valence-corrected chi connectivity index (χ1v) is 9.73. The van der Waals surface area contributed by atoms with Crippen molar-refractivity contribution < 1.29 is 14.5 Å². The van der Waals surface area contributed by atoms with Crippen LogP contribution in [-0.2, 0) is 22.6 Å². The van der Waals surface area contributed by atoms with Gasteiger partial charge in [-0.3, -0.25) is 19.7 Å². The fourth-order valence-electron chi connectivity index (χ4n) is 2.84. The molecule has 0 saturated heterocycles. The molecule has 1 N–H and O–H groups in total. The van der Waals surface area contributed by atoms with Crippen LogP contribution < -0.4 is 5.32 Å². The molecule has 154 valence electrons. The Bertz CT molecular complexity index is 920. The maximum absolute atomic E-state index is 13.1. The lowest BCUT2D eigenvalue weighted by molar-refractivity contribution is -0.385. The summed E-state index contributed by atoms with van der Waals surface area (Å²) in [6, 6.07) is 10.2. The summed E-state index contributed by atoms with van der Waals surface area (Å²) < 4.78 is 0. The molecule has 0 fully saturated rings. The third-order valence-electron chi connectivity index (χ3n) is 4.39. The zero-order valence-electron chi connectivity index (χ0n) is 16.0. The first-order valence-electron chi connectivity index (χ1n) is 8.98. The van der Waals surface area contributed by atoms with Gasteiger partial charge in [0.05, 0.1) is 21.4 Å². The molecule has 0 aliphatic heterocycles. The Labute approximate surface area is 178 Å². The Morgan fingerprint density at radius 2 is 1.86 bits per heavy atom. The minimum atomic E-state index is -0.778. The van der Waals surface area contributed by atoms with E-state index >= 15 is 0 Å². The Morgan fingerprint density at radius 1 is 1.17 bits per heavy atom. The summed E-state index contributed by atoms with van der Waals surface area (Å²) in [5.41, 5.74) is 0.831. The van der Waals surface area contributed by atoms with Gasteiger partial charge in [0.2, 0.25) is 11.8 Å². The Hall–Kier alpha value is -2.64. The summed E-state index contributed by atoms with van der Waals surface area (Å²) in [7, 11) is 0. The molecule has 2 rings (SSSR count). The number of amides is 2. The Balaban J connectivity index is 2.33. The number of hydrogen-bond donors (Lipinski definition) is 1. The van der Waals surface area contributed by atoms with Gasteiger partial charge in [-0.25, -0.2) is 0 Å². The molecular formula is C20H21Cl2N3O4. The van der Waals surface area contributed by atoms with E-state index in [0.717, 1.165) is 0 Å². The topological polar surface area (TPSA) is 92.6 Å². The van der Waals surface area contributed by atoms with Gasteiger partial charge in [-0.15, -0.1) is 0 Å². The molecule has 0 bridgehead atoms. The Morgan fingerprint density at radius 3 is 2.48 bits per heavy atom. The highest BCUT2D eigenvalue weighted by molar-refractivity contribution is 6.42. The molecule has 0 spiro atoms. The van der Waals surface area contributed by atoms with Crippen LogP contribution in [0.4, 0.5) is 5.69 Å². The van der Waals surface area contributed by atoms with Crippen LogP contribution in [0.25, 0.3) is 0 Å². The molecule has 0 unspecified atom stereocenters. The van der Waals surface area contributed by atoms with E-state index in [1.165, 1.54) is 23.1 Å². The van der Waals surface area contributed by atoms with Crippen molar-refractivity contribution >= 4 is 40.7 Å². The number of nitrogens with zero attached hydrogens (tertiary/aromatic N) is 2. The fourth-order valence-corrected chi connectivity index (χ4v) is 3.16. The SMILES string of the molecule is CCNC(=O)[C@@H](C)N(Cc1ccc(Cl)c(Cl)c1)C(=O)Cc1ccccc1[N+](=O)[O-]. The molecule has 0 heterocycles. The minimum absolute atomic E-state index is 0.106. The van der Waals surface area contributed by atoms with Gasteiger partial charge >= 0.3 is 0 Å². The van der Waals surface area contributed by atoms with Gasteiger partial charge in [-0.2, -0.15) is 0 Å². The van der Waals surface area contributed by atoms with E-state index in [0.29, 0.717) is 22.2 Å². The fraction of sp³-hybridized carbons (Fsp3) is 0.300. The lowest BCUT2D eigenvalue weighted by Crippen LogP contribution is -2.48. The monoisotopic (exact) mass is 437 g/mol. The zero-order valence-corrected chi connectivity index (χ0v) is 17.5. The summed E-state index contributed by atoms with van der Waals surface area (Å²) in [6.07, 6.45) is -0.206. The van der Waals surface area contributed by atoms with Crippen LogP contribution in [0.15, 0.2) is 42.5 Å². The number of carbonyl (C=O) groups excluding carboxylic acids is 2. The van der Waals surface area contributed by atoms with Crippen molar-refractivity contribution in [2.45, 2.75) is 32.9 Å². The number of hydrogen-bond acceptors (Lipinski definition) is 4. The quantitative estimate of drug-likeness (QED) is 0.498. The second-order valence-corrected chi connectivity index (χ2v) is 7.22. The van der Waals surface area contributed by atoms with Crippen molar-refractivity contribution in [1.29, 1.82) is 0 Å². The maximum atomic E-state index is 13.1. The molecule has 2 aromatic rings.